The van der Waals surface area contributed by atoms with E-state index in [4.69, 9.17) is 0 Å². The fourth-order valence-corrected chi connectivity index (χ4v) is 4.11. The number of alkyl halides is 3. The van der Waals surface area contributed by atoms with Gasteiger partial charge in [-0.15, -0.1) is 0 Å². The molecule has 2 heterocycles. The van der Waals surface area contributed by atoms with Gasteiger partial charge in [-0.25, -0.2) is 0 Å². The Morgan fingerprint density at radius 3 is 2.12 bits per heavy atom. The van der Waals surface area contributed by atoms with Crippen LogP contribution in [-0.2, 0) is 11.8 Å². The molecule has 1 saturated heterocycles. The second-order valence-corrected chi connectivity index (χ2v) is 7.83. The van der Waals surface area contributed by atoms with Crippen molar-refractivity contribution in [2.24, 2.45) is 5.41 Å². The van der Waals surface area contributed by atoms with Crippen LogP contribution in [0.2, 0.25) is 0 Å². The van der Waals surface area contributed by atoms with E-state index in [0.717, 1.165) is 12.1 Å². The third kappa shape index (κ3) is 3.09. The third-order valence-corrected chi connectivity index (χ3v) is 5.30. The quantitative estimate of drug-likeness (QED) is 0.822. The molecule has 0 bridgehead atoms. The summed E-state index contributed by atoms with van der Waals surface area (Å²) in [5.41, 5.74) is -1.74. The Bertz CT molecular complexity index is 773. The lowest BCUT2D eigenvalue weighted by Crippen LogP contribution is -2.63. The van der Waals surface area contributed by atoms with Crippen LogP contribution >= 0.6 is 15.9 Å². The normalized spacial score (nSPS) is 20.0. The lowest BCUT2D eigenvalue weighted by Gasteiger charge is -2.55. The lowest BCUT2D eigenvalue weighted by atomic mass is 9.62. The summed E-state index contributed by atoms with van der Waals surface area (Å²) in [5, 5.41) is 11.7. The van der Waals surface area contributed by atoms with Gasteiger partial charge in [0.1, 0.15) is 5.60 Å². The van der Waals surface area contributed by atoms with Gasteiger partial charge < -0.3 is 10.0 Å². The Balaban J connectivity index is 2.12. The second kappa shape index (κ2) is 6.07. The van der Waals surface area contributed by atoms with Gasteiger partial charge in [0, 0.05) is 40.9 Å². The number of nitrogens with zero attached hydrogens (tertiary/aromatic N) is 2. The van der Waals surface area contributed by atoms with Crippen molar-refractivity contribution in [1.29, 1.82) is 0 Å². The van der Waals surface area contributed by atoms with E-state index in [9.17, 15) is 18.3 Å². The van der Waals surface area contributed by atoms with Crippen LogP contribution in [0.25, 0.3) is 0 Å². The van der Waals surface area contributed by atoms with Crippen molar-refractivity contribution in [1.82, 2.24) is 9.88 Å². The number of rotatable bonds is 3. The van der Waals surface area contributed by atoms with E-state index < -0.39 is 22.8 Å². The summed E-state index contributed by atoms with van der Waals surface area (Å²) < 4.78 is 39.3. The predicted octanol–water partition coefficient (Wildman–Crippen LogP) is 4.05. The van der Waals surface area contributed by atoms with Crippen molar-refractivity contribution >= 4 is 15.9 Å². The number of aromatic nitrogens is 1. The number of likely N-dealkylation sites (tertiary alicyclic amines) is 1. The minimum atomic E-state index is -4.41. The first-order chi connectivity index (χ1) is 11.6. The molecular weight excluding hydrogens is 397 g/mol. The molecule has 7 heteroatoms. The molecule has 0 saturated carbocycles. The lowest BCUT2D eigenvalue weighted by molar-refractivity contribution is -0.138. The van der Waals surface area contributed by atoms with Crippen LogP contribution < -0.4 is 0 Å². The van der Waals surface area contributed by atoms with Crippen molar-refractivity contribution < 1.29 is 18.3 Å². The van der Waals surface area contributed by atoms with Gasteiger partial charge in [-0.2, -0.15) is 13.2 Å². The first-order valence-electron chi connectivity index (χ1n) is 7.76. The van der Waals surface area contributed by atoms with Crippen LogP contribution in [0.1, 0.15) is 23.6 Å². The first-order valence-corrected chi connectivity index (χ1v) is 8.55. The maximum atomic E-state index is 12.9. The van der Waals surface area contributed by atoms with Crippen molar-refractivity contribution in [2.75, 3.05) is 20.1 Å². The summed E-state index contributed by atoms with van der Waals surface area (Å²) in [4.78, 5) is 6.18. The van der Waals surface area contributed by atoms with Gasteiger partial charge in [0.05, 0.1) is 5.56 Å². The number of pyridine rings is 1. The Morgan fingerprint density at radius 1 is 1.08 bits per heavy atom. The molecule has 1 N–H and O–H groups in total. The summed E-state index contributed by atoms with van der Waals surface area (Å²) in [6.45, 7) is 3.18. The zero-order valence-electron chi connectivity index (χ0n) is 13.8. The van der Waals surface area contributed by atoms with Crippen LogP contribution in [0.15, 0.2) is 47.2 Å². The molecule has 1 aromatic heterocycles. The van der Waals surface area contributed by atoms with E-state index in [1.807, 2.05) is 14.0 Å². The summed E-state index contributed by atoms with van der Waals surface area (Å²) >= 11 is 3.35. The molecule has 1 aliphatic rings. The zero-order chi connectivity index (χ0) is 18.5. The molecule has 2 aromatic rings. The summed E-state index contributed by atoms with van der Waals surface area (Å²) in [6.07, 6.45) is -1.24. The highest BCUT2D eigenvalue weighted by atomic mass is 79.9. The molecule has 25 heavy (non-hydrogen) atoms. The second-order valence-electron chi connectivity index (χ2n) is 6.91. The smallest absolute Gasteiger partial charge is 0.380 e. The Morgan fingerprint density at radius 2 is 1.64 bits per heavy atom. The molecule has 1 fully saturated rings. The number of aliphatic hydroxyl groups is 1. The molecule has 1 aliphatic heterocycles. The SMILES string of the molecule is CN1CC(C)([C@](O)(c2ccc(C(F)(F)F)cc2)c2cncc(Br)c2)C1. The van der Waals surface area contributed by atoms with E-state index in [-0.39, 0.29) is 0 Å². The van der Waals surface area contributed by atoms with E-state index >= 15 is 0 Å². The van der Waals surface area contributed by atoms with E-state index in [0.29, 0.717) is 28.7 Å². The predicted molar refractivity (Wildman–Crippen MR) is 92.0 cm³/mol. The maximum absolute atomic E-state index is 12.9. The molecule has 1 aromatic carbocycles. The van der Waals surface area contributed by atoms with Gasteiger partial charge in [-0.1, -0.05) is 19.1 Å². The van der Waals surface area contributed by atoms with Gasteiger partial charge in [0.25, 0.3) is 0 Å². The molecule has 0 spiro atoms. The highest BCUT2D eigenvalue weighted by Crippen LogP contribution is 2.50. The number of hydrogen-bond acceptors (Lipinski definition) is 3. The van der Waals surface area contributed by atoms with Gasteiger partial charge in [-0.3, -0.25) is 4.98 Å². The number of halogens is 4. The largest absolute Gasteiger partial charge is 0.416 e. The Labute approximate surface area is 152 Å². The van der Waals surface area contributed by atoms with Gasteiger partial charge in [0.2, 0.25) is 0 Å². The zero-order valence-corrected chi connectivity index (χ0v) is 15.4. The number of benzene rings is 1. The highest BCUT2D eigenvalue weighted by Gasteiger charge is 2.55. The van der Waals surface area contributed by atoms with E-state index in [1.54, 1.807) is 18.5 Å². The fourth-order valence-electron chi connectivity index (χ4n) is 3.75. The molecule has 1 atom stereocenters. The Kier molecular flexibility index (Phi) is 4.46. The van der Waals surface area contributed by atoms with Crippen LogP contribution in [0.3, 0.4) is 0 Å². The van der Waals surface area contributed by atoms with Crippen molar-refractivity contribution in [3.05, 3.63) is 63.9 Å². The van der Waals surface area contributed by atoms with Crippen molar-refractivity contribution in [3.63, 3.8) is 0 Å². The first kappa shape index (κ1) is 18.4. The summed E-state index contributed by atoms with van der Waals surface area (Å²) in [5.74, 6) is 0. The minimum absolute atomic E-state index is 0.427. The Hall–Kier alpha value is -1.44. The van der Waals surface area contributed by atoms with Gasteiger partial charge in [0.15, 0.2) is 0 Å². The minimum Gasteiger partial charge on any atom is -0.380 e. The molecule has 0 unspecified atom stereocenters. The van der Waals surface area contributed by atoms with Gasteiger partial charge in [-0.05, 0) is 46.7 Å². The van der Waals surface area contributed by atoms with Crippen molar-refractivity contribution in [2.45, 2.75) is 18.7 Å². The average Bonchev–Trinajstić information content (AvgIpc) is 2.52. The van der Waals surface area contributed by atoms with Crippen LogP contribution in [0, 0.1) is 5.41 Å². The summed E-state index contributed by atoms with van der Waals surface area (Å²) in [7, 11) is 1.94. The van der Waals surface area contributed by atoms with E-state index in [2.05, 4.69) is 25.8 Å². The monoisotopic (exact) mass is 414 g/mol. The van der Waals surface area contributed by atoms with Crippen LogP contribution in [0.5, 0.6) is 0 Å². The highest BCUT2D eigenvalue weighted by molar-refractivity contribution is 9.10. The van der Waals surface area contributed by atoms with E-state index in [1.165, 1.54) is 12.1 Å². The molecule has 0 amide bonds. The molecule has 3 rings (SSSR count). The average molecular weight is 415 g/mol. The maximum Gasteiger partial charge on any atom is 0.416 e. The van der Waals surface area contributed by atoms with Crippen LogP contribution in [-0.4, -0.2) is 35.1 Å². The fraction of sp³-hybridized carbons (Fsp3) is 0.389. The molecule has 0 aliphatic carbocycles. The third-order valence-electron chi connectivity index (χ3n) is 4.86. The number of hydrogen-bond donors (Lipinski definition) is 1. The molecule has 3 nitrogen and oxygen atoms in total. The molecule has 0 radical (unpaired) electrons. The van der Waals surface area contributed by atoms with Crippen LogP contribution in [0.4, 0.5) is 13.2 Å². The summed E-state index contributed by atoms with van der Waals surface area (Å²) in [6, 6.07) is 6.49. The molecule has 134 valence electrons. The topological polar surface area (TPSA) is 36.4 Å². The standard InChI is InChI=1S/C18H18BrF3N2O/c1-16(10-24(2)11-16)17(25,14-7-15(19)9-23-8-14)12-3-5-13(6-4-12)18(20,21)22/h3-9,25H,10-11H2,1-2H3/t17-/m0/s1. The van der Waals surface area contributed by atoms with Gasteiger partial charge >= 0.3 is 6.18 Å². The molecular formula is C18H18BrF3N2O. The van der Waals surface area contributed by atoms with Crippen molar-refractivity contribution in [3.8, 4) is 0 Å².